The predicted molar refractivity (Wildman–Crippen MR) is 51.8 cm³/mol. The fourth-order valence-electron chi connectivity index (χ4n) is 1.12. The van der Waals surface area contributed by atoms with E-state index in [0.717, 1.165) is 0 Å². The molecule has 1 heterocycles. The van der Waals surface area contributed by atoms with E-state index in [2.05, 4.69) is 15.0 Å². The van der Waals surface area contributed by atoms with Crippen molar-refractivity contribution in [1.82, 2.24) is 10.5 Å². The number of carbonyl (C=O) groups excluding carboxylic acids is 1. The number of aliphatic carboxylic acids is 1. The Morgan fingerprint density at radius 3 is 2.56 bits per heavy atom. The Labute approximate surface area is 91.0 Å². The minimum atomic E-state index is -1.36. The van der Waals surface area contributed by atoms with Gasteiger partial charge in [0.25, 0.3) is 5.91 Å². The van der Waals surface area contributed by atoms with E-state index in [4.69, 9.17) is 10.2 Å². The molecule has 2 unspecified atom stereocenters. The summed E-state index contributed by atoms with van der Waals surface area (Å²) < 4.78 is 4.67. The molecule has 0 radical (unpaired) electrons. The molecule has 7 heteroatoms. The van der Waals surface area contributed by atoms with Crippen LogP contribution in [0.5, 0.6) is 0 Å². The number of nitrogens with one attached hydrogen (secondary N) is 1. The van der Waals surface area contributed by atoms with E-state index < -0.39 is 24.0 Å². The van der Waals surface area contributed by atoms with E-state index in [1.54, 1.807) is 0 Å². The van der Waals surface area contributed by atoms with Crippen LogP contribution in [0.4, 0.5) is 0 Å². The molecular weight excluding hydrogens is 216 g/mol. The van der Waals surface area contributed by atoms with Crippen molar-refractivity contribution in [3.05, 3.63) is 17.5 Å². The van der Waals surface area contributed by atoms with Crippen LogP contribution in [-0.4, -0.2) is 39.4 Å². The number of aliphatic hydroxyl groups excluding tert-OH is 1. The highest BCUT2D eigenvalue weighted by atomic mass is 16.5. The zero-order valence-corrected chi connectivity index (χ0v) is 8.80. The molecule has 1 aromatic heterocycles. The second-order valence-corrected chi connectivity index (χ2v) is 3.33. The number of rotatable bonds is 4. The van der Waals surface area contributed by atoms with Crippen LogP contribution in [-0.2, 0) is 4.79 Å². The molecule has 0 aromatic carbocycles. The lowest BCUT2D eigenvalue weighted by Crippen LogP contribution is -2.47. The molecule has 88 valence electrons. The Hall–Kier alpha value is -1.89. The molecule has 0 aliphatic heterocycles. The molecular formula is C9H12N2O5. The summed E-state index contributed by atoms with van der Waals surface area (Å²) in [6, 6.07) is -1.36. The number of hydrogen-bond donors (Lipinski definition) is 3. The lowest BCUT2D eigenvalue weighted by Gasteiger charge is -2.16. The second kappa shape index (κ2) is 4.75. The lowest BCUT2D eigenvalue weighted by molar-refractivity contribution is -0.141. The number of hydrogen-bond acceptors (Lipinski definition) is 5. The van der Waals surface area contributed by atoms with Crippen LogP contribution in [0.3, 0.4) is 0 Å². The van der Waals surface area contributed by atoms with Crippen LogP contribution in [0.2, 0.25) is 0 Å². The highest BCUT2D eigenvalue weighted by molar-refractivity contribution is 5.97. The van der Waals surface area contributed by atoms with Gasteiger partial charge in [-0.1, -0.05) is 5.16 Å². The van der Waals surface area contributed by atoms with E-state index in [1.807, 2.05) is 0 Å². The SMILES string of the molecule is Cc1oncc1C(=O)NC(C(=O)O)C(C)O. The number of carbonyl (C=O) groups is 2. The maximum absolute atomic E-state index is 11.6. The van der Waals surface area contributed by atoms with Crippen LogP contribution in [0.1, 0.15) is 23.0 Å². The number of carboxylic acid groups (broad SMARTS) is 1. The molecule has 0 saturated carbocycles. The number of nitrogens with zero attached hydrogens (tertiary/aromatic N) is 1. The van der Waals surface area contributed by atoms with Gasteiger partial charge in [0, 0.05) is 0 Å². The third-order valence-electron chi connectivity index (χ3n) is 2.03. The maximum atomic E-state index is 11.6. The first-order valence-electron chi connectivity index (χ1n) is 4.56. The fourth-order valence-corrected chi connectivity index (χ4v) is 1.12. The topological polar surface area (TPSA) is 113 Å². The zero-order valence-electron chi connectivity index (χ0n) is 8.80. The molecule has 1 rings (SSSR count). The van der Waals surface area contributed by atoms with Gasteiger partial charge in [-0.05, 0) is 13.8 Å². The van der Waals surface area contributed by atoms with Gasteiger partial charge in [0.1, 0.15) is 11.3 Å². The average molecular weight is 228 g/mol. The number of carboxylic acids is 1. The Morgan fingerprint density at radius 2 is 2.19 bits per heavy atom. The van der Waals surface area contributed by atoms with E-state index in [9.17, 15) is 9.59 Å². The molecule has 16 heavy (non-hydrogen) atoms. The Morgan fingerprint density at radius 1 is 1.56 bits per heavy atom. The highest BCUT2D eigenvalue weighted by Crippen LogP contribution is 2.06. The van der Waals surface area contributed by atoms with Crippen molar-refractivity contribution in [2.24, 2.45) is 0 Å². The Bertz CT molecular complexity index is 398. The molecule has 0 aliphatic rings. The van der Waals surface area contributed by atoms with E-state index in [1.165, 1.54) is 20.0 Å². The molecule has 1 aromatic rings. The van der Waals surface area contributed by atoms with Crippen molar-refractivity contribution in [3.63, 3.8) is 0 Å². The zero-order chi connectivity index (χ0) is 12.3. The molecule has 3 N–H and O–H groups in total. The van der Waals surface area contributed by atoms with Gasteiger partial charge < -0.3 is 20.1 Å². The summed E-state index contributed by atoms with van der Waals surface area (Å²) in [5, 5.41) is 23.5. The van der Waals surface area contributed by atoms with E-state index in [-0.39, 0.29) is 11.3 Å². The number of aromatic nitrogens is 1. The summed E-state index contributed by atoms with van der Waals surface area (Å²) in [4.78, 5) is 22.3. The maximum Gasteiger partial charge on any atom is 0.328 e. The van der Waals surface area contributed by atoms with Crippen LogP contribution in [0, 0.1) is 6.92 Å². The van der Waals surface area contributed by atoms with Gasteiger partial charge in [0.15, 0.2) is 6.04 Å². The number of aliphatic hydroxyl groups is 1. The molecule has 0 spiro atoms. The second-order valence-electron chi connectivity index (χ2n) is 3.33. The molecule has 1 amide bonds. The van der Waals surface area contributed by atoms with Crippen molar-refractivity contribution in [2.75, 3.05) is 0 Å². The van der Waals surface area contributed by atoms with Gasteiger partial charge in [-0.25, -0.2) is 4.79 Å². The van der Waals surface area contributed by atoms with Gasteiger partial charge >= 0.3 is 5.97 Å². The van der Waals surface area contributed by atoms with Crippen molar-refractivity contribution in [1.29, 1.82) is 0 Å². The summed E-state index contributed by atoms with van der Waals surface area (Å²) in [6.45, 7) is 2.81. The van der Waals surface area contributed by atoms with Gasteiger partial charge in [-0.15, -0.1) is 0 Å². The quantitative estimate of drug-likeness (QED) is 0.643. The first-order chi connectivity index (χ1) is 7.43. The summed E-state index contributed by atoms with van der Waals surface area (Å²) in [5.41, 5.74) is 0.145. The van der Waals surface area contributed by atoms with Crippen molar-refractivity contribution >= 4 is 11.9 Å². The van der Waals surface area contributed by atoms with Crippen molar-refractivity contribution in [2.45, 2.75) is 26.0 Å². The lowest BCUT2D eigenvalue weighted by atomic mass is 10.1. The summed E-state index contributed by atoms with van der Waals surface area (Å²) in [5.74, 6) is -1.67. The minimum Gasteiger partial charge on any atom is -0.480 e. The summed E-state index contributed by atoms with van der Waals surface area (Å²) >= 11 is 0. The molecule has 0 bridgehead atoms. The number of aryl methyl sites for hydroxylation is 1. The third kappa shape index (κ3) is 2.57. The Kier molecular flexibility index (Phi) is 3.62. The Balaban J connectivity index is 2.77. The molecule has 2 atom stereocenters. The van der Waals surface area contributed by atoms with E-state index in [0.29, 0.717) is 0 Å². The third-order valence-corrected chi connectivity index (χ3v) is 2.03. The molecule has 0 saturated heterocycles. The van der Waals surface area contributed by atoms with Gasteiger partial charge in [0.2, 0.25) is 0 Å². The van der Waals surface area contributed by atoms with Crippen LogP contribution in [0.15, 0.2) is 10.7 Å². The molecule has 0 fully saturated rings. The average Bonchev–Trinajstić information content (AvgIpc) is 2.59. The number of amides is 1. The smallest absolute Gasteiger partial charge is 0.328 e. The van der Waals surface area contributed by atoms with Crippen molar-refractivity contribution in [3.8, 4) is 0 Å². The van der Waals surface area contributed by atoms with Gasteiger partial charge in [-0.3, -0.25) is 4.79 Å². The normalized spacial score (nSPS) is 14.2. The predicted octanol–water partition coefficient (Wildman–Crippen LogP) is -0.453. The molecule has 0 aliphatic carbocycles. The van der Waals surface area contributed by atoms with E-state index >= 15 is 0 Å². The summed E-state index contributed by atoms with van der Waals surface area (Å²) in [6.07, 6.45) is -0.00682. The van der Waals surface area contributed by atoms with Gasteiger partial charge in [0.05, 0.1) is 12.3 Å². The molecule has 7 nitrogen and oxygen atoms in total. The fraction of sp³-hybridized carbons (Fsp3) is 0.444. The largest absolute Gasteiger partial charge is 0.480 e. The minimum absolute atomic E-state index is 0.145. The first-order valence-corrected chi connectivity index (χ1v) is 4.56. The van der Waals surface area contributed by atoms with Crippen LogP contribution < -0.4 is 5.32 Å². The highest BCUT2D eigenvalue weighted by Gasteiger charge is 2.26. The first kappa shape index (κ1) is 12.2. The summed E-state index contributed by atoms with van der Waals surface area (Å²) in [7, 11) is 0. The van der Waals surface area contributed by atoms with Gasteiger partial charge in [-0.2, -0.15) is 0 Å². The monoisotopic (exact) mass is 228 g/mol. The van der Waals surface area contributed by atoms with Crippen LogP contribution >= 0.6 is 0 Å². The van der Waals surface area contributed by atoms with Crippen molar-refractivity contribution < 1.29 is 24.3 Å². The standard InChI is InChI=1S/C9H12N2O5/c1-4(12)7(9(14)15)11-8(13)6-3-10-16-5(6)2/h3-4,7,12H,1-2H3,(H,11,13)(H,14,15). The van der Waals surface area contributed by atoms with Crippen LogP contribution in [0.25, 0.3) is 0 Å².